The molecule has 1 aromatic rings. The number of carbonyl (C=O) groups excluding carboxylic acids is 1. The van der Waals surface area contributed by atoms with E-state index in [9.17, 15) is 4.79 Å². The molecular weight excluding hydrogens is 256 g/mol. The quantitative estimate of drug-likeness (QED) is 0.884. The molecule has 5 nitrogen and oxygen atoms in total. The van der Waals surface area contributed by atoms with E-state index in [0.29, 0.717) is 13.2 Å². The molecule has 1 unspecified atom stereocenters. The Morgan fingerprint density at radius 2 is 1.90 bits per heavy atom. The molecule has 20 heavy (non-hydrogen) atoms. The number of hydrogen-bond acceptors (Lipinski definition) is 4. The van der Waals surface area contributed by atoms with E-state index in [1.165, 1.54) is 0 Å². The molecule has 1 amide bonds. The molecule has 3 rings (SSSR count). The molecule has 1 aromatic carbocycles. The molecule has 2 N–H and O–H groups in total. The summed E-state index contributed by atoms with van der Waals surface area (Å²) >= 11 is 0. The van der Waals surface area contributed by atoms with Crippen LogP contribution in [-0.4, -0.2) is 31.7 Å². The molecule has 2 fully saturated rings. The lowest BCUT2D eigenvalue weighted by Crippen LogP contribution is -2.43. The van der Waals surface area contributed by atoms with E-state index in [-0.39, 0.29) is 18.2 Å². The average Bonchev–Trinajstić information content (AvgIpc) is 3.03. The average molecular weight is 276 g/mol. The van der Waals surface area contributed by atoms with Gasteiger partial charge < -0.3 is 20.1 Å². The Hall–Kier alpha value is -1.43. The third-order valence-electron chi connectivity index (χ3n) is 3.70. The highest BCUT2D eigenvalue weighted by molar-refractivity contribution is 5.94. The van der Waals surface area contributed by atoms with E-state index in [2.05, 4.69) is 10.6 Å². The first kappa shape index (κ1) is 13.5. The second-order valence-electron chi connectivity index (χ2n) is 5.19. The van der Waals surface area contributed by atoms with Crippen molar-refractivity contribution in [1.82, 2.24) is 5.32 Å². The van der Waals surface area contributed by atoms with E-state index >= 15 is 0 Å². The molecule has 0 saturated carbocycles. The van der Waals surface area contributed by atoms with Crippen molar-refractivity contribution in [3.05, 3.63) is 29.8 Å². The highest BCUT2D eigenvalue weighted by atomic mass is 16.7. The van der Waals surface area contributed by atoms with Gasteiger partial charge in [0.2, 0.25) is 5.91 Å². The maximum Gasteiger partial charge on any atom is 0.241 e. The zero-order valence-electron chi connectivity index (χ0n) is 11.4. The predicted molar refractivity (Wildman–Crippen MR) is 75.4 cm³/mol. The zero-order chi connectivity index (χ0) is 13.8. The molecular formula is C15H20N2O3. The first-order valence-electron chi connectivity index (χ1n) is 7.20. The van der Waals surface area contributed by atoms with Gasteiger partial charge in [-0.05, 0) is 31.5 Å². The van der Waals surface area contributed by atoms with Gasteiger partial charge in [-0.25, -0.2) is 0 Å². The second-order valence-corrected chi connectivity index (χ2v) is 5.19. The van der Waals surface area contributed by atoms with Crippen molar-refractivity contribution in [1.29, 1.82) is 0 Å². The van der Waals surface area contributed by atoms with Crippen molar-refractivity contribution in [2.24, 2.45) is 0 Å². The summed E-state index contributed by atoms with van der Waals surface area (Å²) in [6.07, 6.45) is 2.91. The zero-order valence-corrected chi connectivity index (χ0v) is 11.4. The van der Waals surface area contributed by atoms with Gasteiger partial charge >= 0.3 is 0 Å². The highest BCUT2D eigenvalue weighted by Crippen LogP contribution is 2.24. The summed E-state index contributed by atoms with van der Waals surface area (Å²) in [7, 11) is 0. The third-order valence-corrected chi connectivity index (χ3v) is 3.70. The van der Waals surface area contributed by atoms with Crippen LogP contribution in [0.1, 0.15) is 31.1 Å². The summed E-state index contributed by atoms with van der Waals surface area (Å²) < 4.78 is 10.9. The number of piperidine rings is 1. The van der Waals surface area contributed by atoms with E-state index in [1.807, 2.05) is 24.3 Å². The summed E-state index contributed by atoms with van der Waals surface area (Å²) in [5.74, 6) is 0.0471. The minimum absolute atomic E-state index is 0.0471. The lowest BCUT2D eigenvalue weighted by Gasteiger charge is -2.22. The lowest BCUT2D eigenvalue weighted by atomic mass is 10.0. The summed E-state index contributed by atoms with van der Waals surface area (Å²) in [6, 6.07) is 7.58. The number of hydrogen-bond donors (Lipinski definition) is 2. The number of benzene rings is 1. The topological polar surface area (TPSA) is 59.6 Å². The number of rotatable bonds is 3. The van der Waals surface area contributed by atoms with E-state index in [4.69, 9.17) is 9.47 Å². The van der Waals surface area contributed by atoms with E-state index < -0.39 is 0 Å². The largest absolute Gasteiger partial charge is 0.346 e. The van der Waals surface area contributed by atoms with Gasteiger partial charge in [-0.3, -0.25) is 4.79 Å². The van der Waals surface area contributed by atoms with Gasteiger partial charge in [0, 0.05) is 11.3 Å². The predicted octanol–water partition coefficient (Wildman–Crippen LogP) is 1.81. The van der Waals surface area contributed by atoms with Crippen molar-refractivity contribution < 1.29 is 14.3 Å². The maximum atomic E-state index is 12.1. The number of ether oxygens (including phenoxy) is 2. The first-order valence-corrected chi connectivity index (χ1v) is 7.20. The van der Waals surface area contributed by atoms with Crippen LogP contribution < -0.4 is 10.6 Å². The Kier molecular flexibility index (Phi) is 4.30. The van der Waals surface area contributed by atoms with Crippen LogP contribution in [0.2, 0.25) is 0 Å². The minimum Gasteiger partial charge on any atom is -0.346 e. The molecule has 0 radical (unpaired) electrons. The van der Waals surface area contributed by atoms with Gasteiger partial charge in [0.05, 0.1) is 19.3 Å². The number of nitrogens with one attached hydrogen (secondary N) is 2. The lowest BCUT2D eigenvalue weighted by molar-refractivity contribution is -0.118. The van der Waals surface area contributed by atoms with Gasteiger partial charge in [0.25, 0.3) is 0 Å². The smallest absolute Gasteiger partial charge is 0.241 e. The molecule has 2 aliphatic rings. The monoisotopic (exact) mass is 276 g/mol. The Balaban J connectivity index is 1.58. The summed E-state index contributed by atoms with van der Waals surface area (Å²) in [5.41, 5.74) is 1.79. The molecule has 2 saturated heterocycles. The fourth-order valence-electron chi connectivity index (χ4n) is 2.58. The molecule has 108 valence electrons. The second kappa shape index (κ2) is 6.35. The van der Waals surface area contributed by atoms with Gasteiger partial charge in [-0.1, -0.05) is 18.6 Å². The van der Waals surface area contributed by atoms with Gasteiger partial charge in [-0.2, -0.15) is 0 Å². The fourth-order valence-corrected chi connectivity index (χ4v) is 2.58. The fraction of sp³-hybridized carbons (Fsp3) is 0.533. The van der Waals surface area contributed by atoms with E-state index in [1.54, 1.807) is 0 Å². The summed E-state index contributed by atoms with van der Waals surface area (Å²) in [5, 5.41) is 6.19. The normalized spacial score (nSPS) is 23.7. The van der Waals surface area contributed by atoms with Crippen molar-refractivity contribution in [3.8, 4) is 0 Å². The number of carbonyl (C=O) groups is 1. The summed E-state index contributed by atoms with van der Waals surface area (Å²) in [6.45, 7) is 2.19. The standard InChI is InChI=1S/C15H20N2O3/c18-14(13-3-1-2-8-16-13)17-12-6-4-11(5-7-12)15-19-9-10-20-15/h4-7,13,15-16H,1-3,8-10H2,(H,17,18). The maximum absolute atomic E-state index is 12.1. The molecule has 2 heterocycles. The molecule has 0 aromatic heterocycles. The SMILES string of the molecule is O=C(Nc1ccc(C2OCCO2)cc1)C1CCCCN1. The number of anilines is 1. The Morgan fingerprint density at radius 3 is 2.55 bits per heavy atom. The molecule has 0 bridgehead atoms. The van der Waals surface area contributed by atoms with Gasteiger partial charge in [0.1, 0.15) is 0 Å². The van der Waals surface area contributed by atoms with Crippen molar-refractivity contribution in [2.45, 2.75) is 31.6 Å². The molecule has 0 spiro atoms. The van der Waals surface area contributed by atoms with Crippen LogP contribution in [0.3, 0.4) is 0 Å². The Morgan fingerprint density at radius 1 is 1.15 bits per heavy atom. The van der Waals surface area contributed by atoms with Crippen LogP contribution >= 0.6 is 0 Å². The third kappa shape index (κ3) is 3.17. The van der Waals surface area contributed by atoms with Crippen molar-refractivity contribution in [3.63, 3.8) is 0 Å². The van der Waals surface area contributed by atoms with Gasteiger partial charge in [-0.15, -0.1) is 0 Å². The van der Waals surface area contributed by atoms with E-state index in [0.717, 1.165) is 37.1 Å². The van der Waals surface area contributed by atoms with Crippen LogP contribution in [-0.2, 0) is 14.3 Å². The minimum atomic E-state index is -0.264. The van der Waals surface area contributed by atoms with Crippen LogP contribution in [0.5, 0.6) is 0 Å². The van der Waals surface area contributed by atoms with Crippen LogP contribution in [0, 0.1) is 0 Å². The molecule has 5 heteroatoms. The van der Waals surface area contributed by atoms with Crippen molar-refractivity contribution in [2.75, 3.05) is 25.1 Å². The van der Waals surface area contributed by atoms with Crippen LogP contribution in [0.25, 0.3) is 0 Å². The first-order chi connectivity index (χ1) is 9.83. The Bertz CT molecular complexity index is 449. The molecule has 0 aliphatic carbocycles. The number of amides is 1. The van der Waals surface area contributed by atoms with Gasteiger partial charge in [0.15, 0.2) is 6.29 Å². The van der Waals surface area contributed by atoms with Crippen molar-refractivity contribution >= 4 is 11.6 Å². The summed E-state index contributed by atoms with van der Waals surface area (Å²) in [4.78, 5) is 12.1. The van der Waals surface area contributed by atoms with Crippen LogP contribution in [0.4, 0.5) is 5.69 Å². The molecule has 2 aliphatic heterocycles. The highest BCUT2D eigenvalue weighted by Gasteiger charge is 2.21. The molecule has 1 atom stereocenters. The van der Waals surface area contributed by atoms with Crippen LogP contribution in [0.15, 0.2) is 24.3 Å². The Labute approximate surface area is 118 Å².